The molecule has 2 aromatic rings. The van der Waals surface area contributed by atoms with E-state index in [2.05, 4.69) is 5.32 Å². The third kappa shape index (κ3) is 7.97. The Balaban J connectivity index is 1.81. The third-order valence-corrected chi connectivity index (χ3v) is 7.75. The van der Waals surface area contributed by atoms with E-state index < -0.39 is 28.5 Å². The van der Waals surface area contributed by atoms with E-state index >= 15 is 0 Å². The number of halogens is 1. The Hall–Kier alpha value is -2.58. The lowest BCUT2D eigenvalue weighted by Crippen LogP contribution is -2.53. The van der Waals surface area contributed by atoms with Crippen molar-refractivity contribution < 1.29 is 18.0 Å². The van der Waals surface area contributed by atoms with Gasteiger partial charge in [-0.15, -0.1) is 0 Å². The van der Waals surface area contributed by atoms with Gasteiger partial charge >= 0.3 is 0 Å². The molecule has 0 bridgehead atoms. The molecule has 3 rings (SSSR count). The van der Waals surface area contributed by atoms with Gasteiger partial charge in [0, 0.05) is 17.6 Å². The molecule has 0 aliphatic heterocycles. The van der Waals surface area contributed by atoms with E-state index in [9.17, 15) is 18.0 Å². The number of carbonyl (C=O) groups is 2. The van der Waals surface area contributed by atoms with Gasteiger partial charge in [-0.1, -0.05) is 67.3 Å². The first-order valence-electron chi connectivity index (χ1n) is 12.0. The first-order chi connectivity index (χ1) is 16.6. The molecule has 35 heavy (non-hydrogen) atoms. The number of nitrogens with zero attached hydrogens (tertiary/aromatic N) is 2. The molecule has 2 amide bonds. The molecule has 0 radical (unpaired) electrons. The minimum absolute atomic E-state index is 0.115. The highest BCUT2D eigenvalue weighted by Crippen LogP contribution is 2.22. The molecule has 190 valence electrons. The Kier molecular flexibility index (Phi) is 9.57. The summed E-state index contributed by atoms with van der Waals surface area (Å²) in [6.45, 7) is 1.56. The quantitative estimate of drug-likeness (QED) is 0.513. The summed E-state index contributed by atoms with van der Waals surface area (Å²) in [5.41, 5.74) is 1.33. The summed E-state index contributed by atoms with van der Waals surface area (Å²) in [6.07, 6.45) is 6.81. The summed E-state index contributed by atoms with van der Waals surface area (Å²) in [6, 6.07) is 15.4. The number of amides is 2. The lowest BCUT2D eigenvalue weighted by Gasteiger charge is -2.33. The first kappa shape index (κ1) is 27.0. The van der Waals surface area contributed by atoms with Gasteiger partial charge in [0.05, 0.1) is 11.9 Å². The van der Waals surface area contributed by atoms with Crippen LogP contribution in [-0.4, -0.2) is 56.6 Å². The average Bonchev–Trinajstić information content (AvgIpc) is 2.83. The van der Waals surface area contributed by atoms with E-state index in [1.807, 2.05) is 30.3 Å². The van der Waals surface area contributed by atoms with Gasteiger partial charge < -0.3 is 10.2 Å². The number of hydrogen-bond acceptors (Lipinski definition) is 4. The molecule has 0 spiro atoms. The molecule has 2 aromatic carbocycles. The zero-order chi connectivity index (χ0) is 25.4. The predicted octanol–water partition coefficient (Wildman–Crippen LogP) is 4.01. The van der Waals surface area contributed by atoms with Gasteiger partial charge in [-0.2, -0.15) is 0 Å². The van der Waals surface area contributed by atoms with E-state index in [-0.39, 0.29) is 18.5 Å². The number of hydrogen-bond donors (Lipinski definition) is 1. The fourth-order valence-corrected chi connectivity index (χ4v) is 5.41. The van der Waals surface area contributed by atoms with Crippen LogP contribution in [0.1, 0.15) is 44.6 Å². The highest BCUT2D eigenvalue weighted by atomic mass is 35.5. The van der Waals surface area contributed by atoms with Crippen molar-refractivity contribution in [2.45, 2.75) is 57.5 Å². The fraction of sp³-hybridized carbons (Fsp3) is 0.462. The van der Waals surface area contributed by atoms with Gasteiger partial charge in [0.2, 0.25) is 21.8 Å². The molecule has 1 aliphatic carbocycles. The Morgan fingerprint density at radius 2 is 1.74 bits per heavy atom. The third-order valence-electron chi connectivity index (χ3n) is 6.38. The van der Waals surface area contributed by atoms with Crippen molar-refractivity contribution in [3.05, 3.63) is 65.2 Å². The van der Waals surface area contributed by atoms with Crippen molar-refractivity contribution >= 4 is 39.1 Å². The molecule has 0 saturated heterocycles. The van der Waals surface area contributed by atoms with E-state index in [4.69, 9.17) is 11.6 Å². The molecule has 9 heteroatoms. The van der Waals surface area contributed by atoms with Crippen LogP contribution in [0.25, 0.3) is 0 Å². The van der Waals surface area contributed by atoms with Gasteiger partial charge in [0.15, 0.2) is 0 Å². The normalized spacial score (nSPS) is 15.3. The number of sulfonamides is 1. The fourth-order valence-electron chi connectivity index (χ4n) is 4.38. The molecule has 0 unspecified atom stereocenters. The van der Waals surface area contributed by atoms with Crippen LogP contribution in [0.2, 0.25) is 5.02 Å². The van der Waals surface area contributed by atoms with Crippen LogP contribution in [-0.2, 0) is 26.0 Å². The van der Waals surface area contributed by atoms with Crippen molar-refractivity contribution in [3.8, 4) is 0 Å². The van der Waals surface area contributed by atoms with Gasteiger partial charge in [0.1, 0.15) is 12.6 Å². The molecule has 0 aromatic heterocycles. The maximum atomic E-state index is 13.5. The molecule has 1 aliphatic rings. The van der Waals surface area contributed by atoms with Gasteiger partial charge in [-0.25, -0.2) is 8.42 Å². The van der Waals surface area contributed by atoms with Gasteiger partial charge in [0.25, 0.3) is 0 Å². The van der Waals surface area contributed by atoms with E-state index in [1.54, 1.807) is 25.1 Å². The predicted molar refractivity (Wildman–Crippen MR) is 140 cm³/mol. The number of benzene rings is 2. The molecular weight excluding hydrogens is 486 g/mol. The molecule has 1 saturated carbocycles. The Morgan fingerprint density at radius 3 is 2.37 bits per heavy atom. The van der Waals surface area contributed by atoms with E-state index in [0.29, 0.717) is 17.1 Å². The van der Waals surface area contributed by atoms with Crippen LogP contribution < -0.4 is 9.62 Å². The first-order valence-corrected chi connectivity index (χ1v) is 14.2. The van der Waals surface area contributed by atoms with Crippen LogP contribution in [0.3, 0.4) is 0 Å². The SMILES string of the molecule is C[C@@H](C(=O)NC1CCCCC1)N(CCc1ccccc1)C(=O)CN(c1cccc(Cl)c1)S(C)(=O)=O. The number of nitrogens with one attached hydrogen (secondary N) is 1. The van der Waals surface area contributed by atoms with Crippen LogP contribution in [0.15, 0.2) is 54.6 Å². The molecule has 7 nitrogen and oxygen atoms in total. The lowest BCUT2D eigenvalue weighted by atomic mass is 9.95. The average molecular weight is 520 g/mol. The largest absolute Gasteiger partial charge is 0.352 e. The molecule has 1 atom stereocenters. The topological polar surface area (TPSA) is 86.8 Å². The van der Waals surface area contributed by atoms with Crippen LogP contribution in [0.4, 0.5) is 5.69 Å². The van der Waals surface area contributed by atoms with Crippen molar-refractivity contribution in [2.24, 2.45) is 0 Å². The second-order valence-electron chi connectivity index (χ2n) is 9.09. The Morgan fingerprint density at radius 1 is 1.06 bits per heavy atom. The molecular formula is C26H34ClN3O4S. The zero-order valence-electron chi connectivity index (χ0n) is 20.3. The monoisotopic (exact) mass is 519 g/mol. The van der Waals surface area contributed by atoms with Crippen molar-refractivity contribution in [1.82, 2.24) is 10.2 Å². The maximum Gasteiger partial charge on any atom is 0.244 e. The summed E-state index contributed by atoms with van der Waals surface area (Å²) < 4.78 is 26.2. The molecule has 1 N–H and O–H groups in total. The second kappa shape index (κ2) is 12.4. The van der Waals surface area contributed by atoms with Crippen LogP contribution in [0, 0.1) is 0 Å². The smallest absolute Gasteiger partial charge is 0.244 e. The maximum absolute atomic E-state index is 13.5. The summed E-state index contributed by atoms with van der Waals surface area (Å²) in [4.78, 5) is 28.1. The summed E-state index contributed by atoms with van der Waals surface area (Å²) in [7, 11) is -3.77. The highest BCUT2D eigenvalue weighted by molar-refractivity contribution is 7.92. The summed E-state index contributed by atoms with van der Waals surface area (Å²) in [5.74, 6) is -0.662. The van der Waals surface area contributed by atoms with Crippen LogP contribution >= 0.6 is 11.6 Å². The van der Waals surface area contributed by atoms with E-state index in [1.165, 1.54) is 17.4 Å². The molecule has 0 heterocycles. The zero-order valence-corrected chi connectivity index (χ0v) is 21.9. The van der Waals surface area contributed by atoms with Gasteiger partial charge in [-0.3, -0.25) is 13.9 Å². The minimum Gasteiger partial charge on any atom is -0.352 e. The van der Waals surface area contributed by atoms with Crippen molar-refractivity contribution in [1.29, 1.82) is 0 Å². The number of rotatable bonds is 10. The minimum atomic E-state index is -3.77. The van der Waals surface area contributed by atoms with Gasteiger partial charge in [-0.05, 0) is 49.9 Å². The van der Waals surface area contributed by atoms with Crippen molar-refractivity contribution in [3.63, 3.8) is 0 Å². The summed E-state index contributed by atoms with van der Waals surface area (Å²) >= 11 is 6.07. The number of anilines is 1. The standard InChI is InChI=1S/C26H34ClN3O4S/c1-20(26(32)28-23-13-7-4-8-14-23)29(17-16-21-10-5-3-6-11-21)25(31)19-30(35(2,33)34)24-15-9-12-22(27)18-24/h3,5-6,9-12,15,18,20,23H,4,7-8,13-14,16-17,19H2,1-2H3,(H,28,32)/t20-/m0/s1. The highest BCUT2D eigenvalue weighted by Gasteiger charge is 2.30. The molecule has 1 fully saturated rings. The number of carbonyl (C=O) groups excluding carboxylic acids is 2. The Labute approximate surface area is 213 Å². The second-order valence-corrected chi connectivity index (χ2v) is 11.4. The van der Waals surface area contributed by atoms with E-state index in [0.717, 1.165) is 41.8 Å². The van der Waals surface area contributed by atoms with Crippen molar-refractivity contribution in [2.75, 3.05) is 23.7 Å². The lowest BCUT2D eigenvalue weighted by molar-refractivity contribution is -0.139. The summed E-state index contributed by atoms with van der Waals surface area (Å²) in [5, 5.41) is 3.46. The Bertz CT molecular complexity index is 1100. The van der Waals surface area contributed by atoms with Crippen LogP contribution in [0.5, 0.6) is 0 Å².